The van der Waals surface area contributed by atoms with Gasteiger partial charge in [0.05, 0.1) is 0 Å². The molecule has 1 saturated heterocycles. The van der Waals surface area contributed by atoms with Crippen molar-refractivity contribution in [3.63, 3.8) is 0 Å². The Balaban J connectivity index is 2.21. The topological polar surface area (TPSA) is 72.1 Å². The van der Waals surface area contributed by atoms with Crippen LogP contribution in [0.2, 0.25) is 0 Å². The summed E-state index contributed by atoms with van der Waals surface area (Å²) >= 11 is 5.72. The van der Waals surface area contributed by atoms with Gasteiger partial charge >= 0.3 is 0 Å². The highest BCUT2D eigenvalue weighted by atomic mass is 35.5. The molecule has 1 amide bonds. The maximum atomic E-state index is 11.6. The molecule has 1 aliphatic heterocycles. The summed E-state index contributed by atoms with van der Waals surface area (Å²) in [5, 5.41) is 0. The quantitative estimate of drug-likeness (QED) is 0.752. The molecule has 2 N–H and O–H groups in total. The standard InChI is InChI=1S/C9H11ClN4O/c10-4-6-3-8(15)14(5-6)7-1-2-12-9(11)13-7/h1-2,6H,3-5H2,(H2,11,12,13). The summed E-state index contributed by atoms with van der Waals surface area (Å²) in [5.74, 6) is 1.46. The molecule has 1 atom stereocenters. The number of hydrogen-bond acceptors (Lipinski definition) is 4. The van der Waals surface area contributed by atoms with Gasteiger partial charge in [0.1, 0.15) is 5.82 Å². The average molecular weight is 227 g/mol. The number of nitrogens with two attached hydrogens (primary N) is 1. The Kier molecular flexibility index (Phi) is 2.73. The fraction of sp³-hybridized carbons (Fsp3) is 0.444. The Bertz CT molecular complexity index is 384. The number of carbonyl (C=O) groups is 1. The Morgan fingerprint density at radius 1 is 1.67 bits per heavy atom. The van der Waals surface area contributed by atoms with E-state index in [1.165, 1.54) is 0 Å². The number of alkyl halides is 1. The van der Waals surface area contributed by atoms with E-state index in [1.807, 2.05) is 0 Å². The molecule has 1 aliphatic rings. The van der Waals surface area contributed by atoms with Crippen LogP contribution in [0.1, 0.15) is 6.42 Å². The zero-order chi connectivity index (χ0) is 10.8. The SMILES string of the molecule is Nc1nccc(N2CC(CCl)CC2=O)n1. The molecule has 1 aromatic rings. The van der Waals surface area contributed by atoms with E-state index in [4.69, 9.17) is 17.3 Å². The summed E-state index contributed by atoms with van der Waals surface area (Å²) < 4.78 is 0. The second-order valence-electron chi connectivity index (χ2n) is 3.50. The molecule has 0 aliphatic carbocycles. The van der Waals surface area contributed by atoms with Crippen molar-refractivity contribution in [1.82, 2.24) is 9.97 Å². The van der Waals surface area contributed by atoms with Gasteiger partial charge in [-0.2, -0.15) is 4.98 Å². The fourth-order valence-corrected chi connectivity index (χ4v) is 1.83. The van der Waals surface area contributed by atoms with E-state index in [1.54, 1.807) is 17.2 Å². The van der Waals surface area contributed by atoms with Gasteiger partial charge < -0.3 is 5.73 Å². The number of hydrogen-bond donors (Lipinski definition) is 1. The highest BCUT2D eigenvalue weighted by Gasteiger charge is 2.30. The highest BCUT2D eigenvalue weighted by Crippen LogP contribution is 2.24. The van der Waals surface area contributed by atoms with Gasteiger partial charge in [-0.3, -0.25) is 9.69 Å². The summed E-state index contributed by atoms with van der Waals surface area (Å²) in [6, 6.07) is 1.67. The fourth-order valence-electron chi connectivity index (χ4n) is 1.62. The van der Waals surface area contributed by atoms with Gasteiger partial charge in [0.25, 0.3) is 0 Å². The molecule has 15 heavy (non-hydrogen) atoms. The van der Waals surface area contributed by atoms with Crippen molar-refractivity contribution in [3.8, 4) is 0 Å². The van der Waals surface area contributed by atoms with Crippen LogP contribution in [0.15, 0.2) is 12.3 Å². The van der Waals surface area contributed by atoms with E-state index in [-0.39, 0.29) is 17.8 Å². The molecule has 0 radical (unpaired) electrons. The van der Waals surface area contributed by atoms with Crippen LogP contribution in [-0.2, 0) is 4.79 Å². The molecule has 80 valence electrons. The first kappa shape index (κ1) is 10.2. The molecule has 2 heterocycles. The van der Waals surface area contributed by atoms with Gasteiger partial charge in [-0.25, -0.2) is 4.98 Å². The number of nitrogen functional groups attached to an aromatic ring is 1. The lowest BCUT2D eigenvalue weighted by atomic mass is 10.1. The Labute approximate surface area is 92.3 Å². The molecule has 0 bridgehead atoms. The lowest BCUT2D eigenvalue weighted by Gasteiger charge is -2.14. The maximum absolute atomic E-state index is 11.6. The molecular formula is C9H11ClN4O. The monoisotopic (exact) mass is 226 g/mol. The smallest absolute Gasteiger partial charge is 0.228 e. The van der Waals surface area contributed by atoms with E-state index in [0.717, 1.165) is 0 Å². The summed E-state index contributed by atoms with van der Waals surface area (Å²) in [4.78, 5) is 21.0. The summed E-state index contributed by atoms with van der Waals surface area (Å²) in [5.41, 5.74) is 5.45. The van der Waals surface area contributed by atoms with Crippen molar-refractivity contribution < 1.29 is 4.79 Å². The van der Waals surface area contributed by atoms with Crippen LogP contribution >= 0.6 is 11.6 Å². The average Bonchev–Trinajstić information content (AvgIpc) is 2.60. The number of carbonyl (C=O) groups excluding carboxylic acids is 1. The van der Waals surface area contributed by atoms with E-state index >= 15 is 0 Å². The molecule has 0 saturated carbocycles. The largest absolute Gasteiger partial charge is 0.368 e. The van der Waals surface area contributed by atoms with E-state index in [9.17, 15) is 4.79 Å². The molecule has 1 unspecified atom stereocenters. The predicted molar refractivity (Wildman–Crippen MR) is 57.6 cm³/mol. The van der Waals surface area contributed by atoms with Gasteiger partial charge in [-0.1, -0.05) is 0 Å². The van der Waals surface area contributed by atoms with E-state index in [2.05, 4.69) is 9.97 Å². The van der Waals surface area contributed by atoms with Crippen molar-refractivity contribution >= 4 is 29.3 Å². The highest BCUT2D eigenvalue weighted by molar-refractivity contribution is 6.18. The van der Waals surface area contributed by atoms with Crippen LogP contribution in [0.5, 0.6) is 0 Å². The Hall–Kier alpha value is -1.36. The molecule has 1 aromatic heterocycles. The third-order valence-corrected chi connectivity index (χ3v) is 2.80. The van der Waals surface area contributed by atoms with Crippen LogP contribution in [0.3, 0.4) is 0 Å². The van der Waals surface area contributed by atoms with Gasteiger partial charge in [0.2, 0.25) is 11.9 Å². The lowest BCUT2D eigenvalue weighted by Crippen LogP contribution is -2.26. The summed E-state index contributed by atoms with van der Waals surface area (Å²) in [6.07, 6.45) is 2.02. The zero-order valence-corrected chi connectivity index (χ0v) is 8.81. The number of nitrogens with zero attached hydrogens (tertiary/aromatic N) is 3. The van der Waals surface area contributed by atoms with Crippen molar-refractivity contribution in [2.75, 3.05) is 23.1 Å². The maximum Gasteiger partial charge on any atom is 0.228 e. The van der Waals surface area contributed by atoms with Gasteiger partial charge in [-0.05, 0) is 12.0 Å². The molecule has 5 nitrogen and oxygen atoms in total. The summed E-state index contributed by atoms with van der Waals surface area (Å²) in [7, 11) is 0. The van der Waals surface area contributed by atoms with E-state index in [0.29, 0.717) is 24.7 Å². The molecule has 0 spiro atoms. The van der Waals surface area contributed by atoms with Crippen LogP contribution in [0.4, 0.5) is 11.8 Å². The zero-order valence-electron chi connectivity index (χ0n) is 8.06. The number of anilines is 2. The van der Waals surface area contributed by atoms with E-state index < -0.39 is 0 Å². The minimum atomic E-state index is 0.0405. The van der Waals surface area contributed by atoms with Crippen molar-refractivity contribution in [1.29, 1.82) is 0 Å². The molecule has 2 rings (SSSR count). The third kappa shape index (κ3) is 2.02. The Morgan fingerprint density at radius 2 is 2.47 bits per heavy atom. The minimum absolute atomic E-state index is 0.0405. The van der Waals surface area contributed by atoms with Crippen molar-refractivity contribution in [3.05, 3.63) is 12.3 Å². The van der Waals surface area contributed by atoms with Crippen molar-refractivity contribution in [2.24, 2.45) is 5.92 Å². The van der Waals surface area contributed by atoms with Crippen LogP contribution in [0.25, 0.3) is 0 Å². The molecule has 6 heteroatoms. The van der Waals surface area contributed by atoms with Gasteiger partial charge in [0.15, 0.2) is 0 Å². The summed E-state index contributed by atoms with van der Waals surface area (Å²) in [6.45, 7) is 0.610. The number of aromatic nitrogens is 2. The molecule has 1 fully saturated rings. The van der Waals surface area contributed by atoms with Crippen LogP contribution in [-0.4, -0.2) is 28.3 Å². The second-order valence-corrected chi connectivity index (χ2v) is 3.81. The predicted octanol–water partition coefficient (Wildman–Crippen LogP) is 0.650. The Morgan fingerprint density at radius 3 is 3.07 bits per heavy atom. The molecular weight excluding hydrogens is 216 g/mol. The first-order chi connectivity index (χ1) is 7.20. The first-order valence-electron chi connectivity index (χ1n) is 4.65. The normalized spacial score (nSPS) is 21.0. The minimum Gasteiger partial charge on any atom is -0.368 e. The van der Waals surface area contributed by atoms with Gasteiger partial charge in [0, 0.05) is 25.0 Å². The lowest BCUT2D eigenvalue weighted by molar-refractivity contribution is -0.117. The van der Waals surface area contributed by atoms with Gasteiger partial charge in [-0.15, -0.1) is 11.6 Å². The first-order valence-corrected chi connectivity index (χ1v) is 5.19. The van der Waals surface area contributed by atoms with Crippen LogP contribution in [0, 0.1) is 5.92 Å². The van der Waals surface area contributed by atoms with Crippen LogP contribution < -0.4 is 10.6 Å². The number of rotatable bonds is 2. The number of amides is 1. The third-order valence-electron chi connectivity index (χ3n) is 2.36. The number of halogens is 1. The molecule has 0 aromatic carbocycles. The second kappa shape index (κ2) is 4.02. The van der Waals surface area contributed by atoms with Crippen molar-refractivity contribution in [2.45, 2.75) is 6.42 Å².